The lowest BCUT2D eigenvalue weighted by Gasteiger charge is -2.22. The van der Waals surface area contributed by atoms with Gasteiger partial charge in [0.2, 0.25) is 0 Å². The Balaban J connectivity index is 2.68. The van der Waals surface area contributed by atoms with Gasteiger partial charge in [-0.3, -0.25) is 4.79 Å². The first-order chi connectivity index (χ1) is 7.85. The summed E-state index contributed by atoms with van der Waals surface area (Å²) in [5.41, 5.74) is 1.42. The molecule has 0 aromatic heterocycles. The van der Waals surface area contributed by atoms with Crippen molar-refractivity contribution in [3.05, 3.63) is 29.3 Å². The predicted molar refractivity (Wildman–Crippen MR) is 69.2 cm³/mol. The van der Waals surface area contributed by atoms with Gasteiger partial charge in [0.05, 0.1) is 0 Å². The van der Waals surface area contributed by atoms with Crippen molar-refractivity contribution < 1.29 is 9.90 Å². The van der Waals surface area contributed by atoms with Gasteiger partial charge in [0.1, 0.15) is 5.75 Å². The number of nitrogens with one attached hydrogen (secondary N) is 1. The molecular formula is C14H21NO2. The second-order valence-corrected chi connectivity index (χ2v) is 5.20. The van der Waals surface area contributed by atoms with Gasteiger partial charge in [-0.05, 0) is 42.5 Å². The molecule has 0 spiro atoms. The number of carbonyl (C=O) groups is 1. The van der Waals surface area contributed by atoms with Gasteiger partial charge in [-0.2, -0.15) is 0 Å². The number of amides is 1. The minimum atomic E-state index is -0.0883. The van der Waals surface area contributed by atoms with Crippen molar-refractivity contribution in [3.8, 4) is 5.75 Å². The molecule has 0 heterocycles. The topological polar surface area (TPSA) is 49.3 Å². The van der Waals surface area contributed by atoms with E-state index in [0.717, 1.165) is 6.42 Å². The van der Waals surface area contributed by atoms with Crippen LogP contribution in [0, 0.1) is 12.3 Å². The molecule has 0 aliphatic heterocycles. The molecule has 0 fully saturated rings. The summed E-state index contributed by atoms with van der Waals surface area (Å²) < 4.78 is 0. The molecule has 2 N–H and O–H groups in total. The van der Waals surface area contributed by atoms with E-state index >= 15 is 0 Å². The molecule has 3 heteroatoms. The fraction of sp³-hybridized carbons (Fsp3) is 0.500. The van der Waals surface area contributed by atoms with Crippen molar-refractivity contribution in [2.75, 3.05) is 6.54 Å². The van der Waals surface area contributed by atoms with E-state index in [2.05, 4.69) is 26.1 Å². The van der Waals surface area contributed by atoms with Crippen LogP contribution < -0.4 is 5.32 Å². The van der Waals surface area contributed by atoms with Crippen LogP contribution in [0.1, 0.15) is 43.1 Å². The predicted octanol–water partition coefficient (Wildman–Crippen LogP) is 2.87. The van der Waals surface area contributed by atoms with Crippen LogP contribution in [0.15, 0.2) is 18.2 Å². The molecule has 17 heavy (non-hydrogen) atoms. The Morgan fingerprint density at radius 1 is 1.41 bits per heavy atom. The van der Waals surface area contributed by atoms with Gasteiger partial charge in [-0.15, -0.1) is 0 Å². The smallest absolute Gasteiger partial charge is 0.251 e. The van der Waals surface area contributed by atoms with Gasteiger partial charge < -0.3 is 10.4 Å². The molecule has 0 bridgehead atoms. The third-order valence-electron chi connectivity index (χ3n) is 3.14. The maximum Gasteiger partial charge on any atom is 0.251 e. The van der Waals surface area contributed by atoms with Crippen LogP contribution in [0.25, 0.3) is 0 Å². The third kappa shape index (κ3) is 3.77. The fourth-order valence-corrected chi connectivity index (χ4v) is 1.34. The second kappa shape index (κ2) is 5.21. The number of carbonyl (C=O) groups excluding carboxylic acids is 1. The Hall–Kier alpha value is -1.51. The van der Waals surface area contributed by atoms with E-state index in [1.807, 2.05) is 0 Å². The molecule has 0 saturated carbocycles. The van der Waals surface area contributed by atoms with Crippen molar-refractivity contribution in [1.29, 1.82) is 0 Å². The number of hydrogen-bond acceptors (Lipinski definition) is 2. The SMILES string of the molecule is CCC(C)(C)CNC(=O)c1ccc(O)c(C)c1. The van der Waals surface area contributed by atoms with Crippen LogP contribution in [0.3, 0.4) is 0 Å². The van der Waals surface area contributed by atoms with E-state index in [4.69, 9.17) is 0 Å². The summed E-state index contributed by atoms with van der Waals surface area (Å²) in [6.45, 7) is 8.78. The Morgan fingerprint density at radius 2 is 2.06 bits per heavy atom. The van der Waals surface area contributed by atoms with E-state index in [-0.39, 0.29) is 17.1 Å². The minimum Gasteiger partial charge on any atom is -0.508 e. The lowest BCUT2D eigenvalue weighted by Crippen LogP contribution is -2.33. The zero-order valence-electron chi connectivity index (χ0n) is 11.0. The Morgan fingerprint density at radius 3 is 2.59 bits per heavy atom. The molecule has 1 aromatic carbocycles. The Labute approximate surface area is 103 Å². The third-order valence-corrected chi connectivity index (χ3v) is 3.14. The first kappa shape index (κ1) is 13.6. The van der Waals surface area contributed by atoms with Crippen molar-refractivity contribution >= 4 is 5.91 Å². The summed E-state index contributed by atoms with van der Waals surface area (Å²) in [5, 5.41) is 12.3. The fourth-order valence-electron chi connectivity index (χ4n) is 1.34. The first-order valence-corrected chi connectivity index (χ1v) is 5.93. The highest BCUT2D eigenvalue weighted by Gasteiger charge is 2.16. The maximum atomic E-state index is 11.9. The molecule has 94 valence electrons. The highest BCUT2D eigenvalue weighted by atomic mass is 16.3. The zero-order valence-corrected chi connectivity index (χ0v) is 11.0. The summed E-state index contributed by atoms with van der Waals surface area (Å²) in [6.07, 6.45) is 1.02. The van der Waals surface area contributed by atoms with E-state index < -0.39 is 0 Å². The van der Waals surface area contributed by atoms with Gasteiger partial charge in [-0.25, -0.2) is 0 Å². The van der Waals surface area contributed by atoms with Gasteiger partial charge in [0.15, 0.2) is 0 Å². The van der Waals surface area contributed by atoms with Crippen LogP contribution in [0.4, 0.5) is 0 Å². The number of aromatic hydroxyl groups is 1. The monoisotopic (exact) mass is 235 g/mol. The normalized spacial score (nSPS) is 11.3. The first-order valence-electron chi connectivity index (χ1n) is 5.93. The van der Waals surface area contributed by atoms with E-state index in [9.17, 15) is 9.90 Å². The van der Waals surface area contributed by atoms with Crippen LogP contribution >= 0.6 is 0 Å². The summed E-state index contributed by atoms with van der Waals surface area (Å²) in [6, 6.07) is 4.88. The second-order valence-electron chi connectivity index (χ2n) is 5.20. The summed E-state index contributed by atoms with van der Waals surface area (Å²) in [7, 11) is 0. The summed E-state index contributed by atoms with van der Waals surface area (Å²) in [5.74, 6) is 0.130. The Bertz CT molecular complexity index is 411. The number of phenols is 1. The highest BCUT2D eigenvalue weighted by molar-refractivity contribution is 5.94. The molecular weight excluding hydrogens is 214 g/mol. The molecule has 3 nitrogen and oxygen atoms in total. The van der Waals surface area contributed by atoms with Gasteiger partial charge in [-0.1, -0.05) is 20.8 Å². The molecule has 0 unspecified atom stereocenters. The number of aryl methyl sites for hydroxylation is 1. The van der Waals surface area contributed by atoms with Crippen LogP contribution in [-0.4, -0.2) is 17.6 Å². The average molecular weight is 235 g/mol. The summed E-state index contributed by atoms with van der Waals surface area (Å²) >= 11 is 0. The molecule has 0 saturated heterocycles. The standard InChI is InChI=1S/C14H21NO2/c1-5-14(3,4)9-15-13(17)11-6-7-12(16)10(2)8-11/h6-8,16H,5,9H2,1-4H3,(H,15,17). The molecule has 0 aliphatic carbocycles. The minimum absolute atomic E-state index is 0.0883. The van der Waals surface area contributed by atoms with E-state index in [1.165, 1.54) is 0 Å². The lowest BCUT2D eigenvalue weighted by atomic mass is 9.90. The molecule has 1 aromatic rings. The van der Waals surface area contributed by atoms with Crippen molar-refractivity contribution in [2.45, 2.75) is 34.1 Å². The van der Waals surface area contributed by atoms with Crippen molar-refractivity contribution in [2.24, 2.45) is 5.41 Å². The van der Waals surface area contributed by atoms with E-state index in [1.54, 1.807) is 25.1 Å². The summed E-state index contributed by atoms with van der Waals surface area (Å²) in [4.78, 5) is 11.9. The highest BCUT2D eigenvalue weighted by Crippen LogP contribution is 2.19. The van der Waals surface area contributed by atoms with Crippen molar-refractivity contribution in [1.82, 2.24) is 5.32 Å². The molecule has 0 atom stereocenters. The van der Waals surface area contributed by atoms with Crippen LogP contribution in [0.5, 0.6) is 5.75 Å². The van der Waals surface area contributed by atoms with Crippen molar-refractivity contribution in [3.63, 3.8) is 0 Å². The molecule has 1 rings (SSSR count). The zero-order chi connectivity index (χ0) is 13.1. The quantitative estimate of drug-likeness (QED) is 0.843. The largest absolute Gasteiger partial charge is 0.508 e. The number of rotatable bonds is 4. The number of benzene rings is 1. The molecule has 0 radical (unpaired) electrons. The maximum absolute atomic E-state index is 11.9. The number of hydrogen-bond donors (Lipinski definition) is 2. The van der Waals surface area contributed by atoms with Gasteiger partial charge >= 0.3 is 0 Å². The molecule has 1 amide bonds. The van der Waals surface area contributed by atoms with Gasteiger partial charge in [0.25, 0.3) is 5.91 Å². The van der Waals surface area contributed by atoms with Crippen LogP contribution in [-0.2, 0) is 0 Å². The average Bonchev–Trinajstić information content (AvgIpc) is 2.30. The van der Waals surface area contributed by atoms with Gasteiger partial charge in [0, 0.05) is 12.1 Å². The Kier molecular flexibility index (Phi) is 4.16. The number of phenolic OH excluding ortho intramolecular Hbond substituents is 1. The lowest BCUT2D eigenvalue weighted by molar-refractivity contribution is 0.0935. The van der Waals surface area contributed by atoms with Crippen LogP contribution in [0.2, 0.25) is 0 Å². The molecule has 0 aliphatic rings. The van der Waals surface area contributed by atoms with E-state index in [0.29, 0.717) is 17.7 Å².